The van der Waals surface area contributed by atoms with Crippen LogP contribution in [0.1, 0.15) is 24.0 Å². The Morgan fingerprint density at radius 3 is 2.27 bits per heavy atom. The molecular formula is C20H16F6O4. The Morgan fingerprint density at radius 1 is 1.03 bits per heavy atom. The van der Waals surface area contributed by atoms with Gasteiger partial charge in [-0.25, -0.2) is 9.18 Å². The molecule has 0 spiro atoms. The second-order valence-electron chi connectivity index (χ2n) is 6.07. The number of hydrogen-bond donors (Lipinski definition) is 1. The average molecular weight is 434 g/mol. The maximum Gasteiger partial charge on any atom is 0.426 e. The second-order valence-corrected chi connectivity index (χ2v) is 6.07. The van der Waals surface area contributed by atoms with Gasteiger partial charge in [-0.3, -0.25) is 0 Å². The lowest BCUT2D eigenvalue weighted by molar-refractivity contribution is -0.187. The summed E-state index contributed by atoms with van der Waals surface area (Å²) in [6.07, 6.45) is -7.58. The van der Waals surface area contributed by atoms with Crippen LogP contribution in [0.4, 0.5) is 26.3 Å². The third kappa shape index (κ3) is 7.34. The van der Waals surface area contributed by atoms with Crippen LogP contribution in [-0.4, -0.2) is 23.9 Å². The number of ether oxygens (including phenoxy) is 2. The minimum Gasteiger partial charge on any atom is -0.493 e. The van der Waals surface area contributed by atoms with Crippen molar-refractivity contribution in [3.63, 3.8) is 0 Å². The van der Waals surface area contributed by atoms with Gasteiger partial charge in [-0.1, -0.05) is 12.1 Å². The van der Waals surface area contributed by atoms with Crippen molar-refractivity contribution in [2.24, 2.45) is 0 Å². The first kappa shape index (κ1) is 23.1. The van der Waals surface area contributed by atoms with Gasteiger partial charge in [0.15, 0.2) is 11.6 Å². The summed E-state index contributed by atoms with van der Waals surface area (Å²) in [6.45, 7) is -0.321. The molecule has 1 N–H and O–H groups in total. The van der Waals surface area contributed by atoms with Crippen molar-refractivity contribution >= 4 is 12.0 Å². The number of rotatable bonds is 9. The van der Waals surface area contributed by atoms with Crippen LogP contribution in [0.3, 0.4) is 0 Å². The zero-order valence-corrected chi connectivity index (χ0v) is 15.3. The molecule has 2 aromatic rings. The van der Waals surface area contributed by atoms with Crippen LogP contribution in [0.25, 0.3) is 6.08 Å². The van der Waals surface area contributed by atoms with Gasteiger partial charge >= 0.3 is 18.3 Å². The second kappa shape index (κ2) is 9.55. The van der Waals surface area contributed by atoms with Gasteiger partial charge in [0.25, 0.3) is 0 Å². The summed E-state index contributed by atoms with van der Waals surface area (Å²) < 4.78 is 88.2. The Labute approximate surface area is 167 Å². The number of aliphatic carboxylic acids is 1. The van der Waals surface area contributed by atoms with Gasteiger partial charge in [-0.15, -0.1) is 0 Å². The van der Waals surface area contributed by atoms with Gasteiger partial charge in [-0.05, 0) is 42.3 Å². The number of alkyl halides is 5. The summed E-state index contributed by atoms with van der Waals surface area (Å²) in [5, 5.41) is 8.54. The van der Waals surface area contributed by atoms with Crippen LogP contribution in [0, 0.1) is 5.82 Å². The maximum atomic E-state index is 14.3. The van der Waals surface area contributed by atoms with E-state index < -0.39 is 41.8 Å². The van der Waals surface area contributed by atoms with E-state index in [0.29, 0.717) is 5.56 Å². The van der Waals surface area contributed by atoms with E-state index in [-0.39, 0.29) is 18.8 Å². The fraction of sp³-hybridized carbons (Fsp3) is 0.250. The first-order valence-electron chi connectivity index (χ1n) is 8.54. The number of carboxylic acids is 1. The van der Waals surface area contributed by atoms with Crippen molar-refractivity contribution in [3.8, 4) is 11.5 Å². The molecule has 0 aliphatic carbocycles. The number of benzene rings is 2. The normalized spacial score (nSPS) is 12.2. The Morgan fingerprint density at radius 2 is 1.70 bits per heavy atom. The van der Waals surface area contributed by atoms with Crippen LogP contribution in [0.2, 0.25) is 0 Å². The highest BCUT2D eigenvalue weighted by molar-refractivity contribution is 5.85. The lowest BCUT2D eigenvalue weighted by Crippen LogP contribution is -2.22. The Balaban J connectivity index is 2.01. The highest BCUT2D eigenvalue weighted by Crippen LogP contribution is 2.34. The molecule has 0 heterocycles. The van der Waals surface area contributed by atoms with E-state index in [4.69, 9.17) is 9.84 Å². The number of hydrogen-bond acceptors (Lipinski definition) is 3. The first-order chi connectivity index (χ1) is 14.0. The minimum atomic E-state index is -4.33. The molecule has 0 radical (unpaired) electrons. The predicted octanol–water partition coefficient (Wildman–Crippen LogP) is 5.77. The van der Waals surface area contributed by atoms with E-state index in [1.807, 2.05) is 0 Å². The lowest BCUT2D eigenvalue weighted by Gasteiger charge is -2.19. The van der Waals surface area contributed by atoms with E-state index in [2.05, 4.69) is 4.74 Å². The minimum absolute atomic E-state index is 0.125. The molecule has 0 unspecified atom stereocenters. The van der Waals surface area contributed by atoms with E-state index in [0.717, 1.165) is 36.4 Å². The summed E-state index contributed by atoms with van der Waals surface area (Å²) >= 11 is 0. The van der Waals surface area contributed by atoms with Gasteiger partial charge in [0.2, 0.25) is 0 Å². The van der Waals surface area contributed by atoms with Crippen molar-refractivity contribution in [2.45, 2.75) is 25.1 Å². The fourth-order valence-corrected chi connectivity index (χ4v) is 2.27. The molecule has 0 fully saturated rings. The molecule has 0 bridgehead atoms. The third-order valence-electron chi connectivity index (χ3n) is 3.68. The SMILES string of the molecule is O=C(O)C=Cc1ccc(C(F)(F)Oc2ccc(OCCCC(F)(F)F)cc2F)cc1. The molecule has 2 rings (SSSR count). The van der Waals surface area contributed by atoms with Gasteiger partial charge in [0.05, 0.1) is 12.2 Å². The largest absolute Gasteiger partial charge is 0.493 e. The highest BCUT2D eigenvalue weighted by Gasteiger charge is 2.35. The van der Waals surface area contributed by atoms with Crippen LogP contribution in [0.5, 0.6) is 11.5 Å². The molecule has 10 heteroatoms. The number of halogens is 6. The summed E-state index contributed by atoms with van der Waals surface area (Å²) in [5.74, 6) is -3.28. The Hall–Kier alpha value is -3.17. The van der Waals surface area contributed by atoms with Gasteiger partial charge in [0.1, 0.15) is 5.75 Å². The molecule has 0 aliphatic heterocycles. The van der Waals surface area contributed by atoms with Crippen LogP contribution >= 0.6 is 0 Å². The highest BCUT2D eigenvalue weighted by atomic mass is 19.4. The van der Waals surface area contributed by atoms with Gasteiger partial charge in [0, 0.05) is 18.6 Å². The number of carboxylic acid groups (broad SMARTS) is 1. The summed E-state index contributed by atoms with van der Waals surface area (Å²) in [4.78, 5) is 10.5. The molecule has 4 nitrogen and oxygen atoms in total. The zero-order valence-electron chi connectivity index (χ0n) is 15.3. The average Bonchev–Trinajstić information content (AvgIpc) is 2.65. The molecule has 0 aliphatic rings. The molecule has 30 heavy (non-hydrogen) atoms. The summed E-state index contributed by atoms with van der Waals surface area (Å²) in [6, 6.07) is 7.18. The maximum absolute atomic E-state index is 14.3. The van der Waals surface area contributed by atoms with Crippen molar-refractivity contribution in [1.82, 2.24) is 0 Å². The predicted molar refractivity (Wildman–Crippen MR) is 94.8 cm³/mol. The smallest absolute Gasteiger partial charge is 0.426 e. The Kier molecular flexibility index (Phi) is 7.36. The molecule has 0 saturated heterocycles. The molecule has 0 saturated carbocycles. The molecule has 162 valence electrons. The molecule has 2 aromatic carbocycles. The topological polar surface area (TPSA) is 55.8 Å². The summed E-state index contributed by atoms with van der Waals surface area (Å²) in [7, 11) is 0. The van der Waals surface area contributed by atoms with Gasteiger partial charge in [-0.2, -0.15) is 22.0 Å². The molecule has 0 aromatic heterocycles. The van der Waals surface area contributed by atoms with E-state index in [1.165, 1.54) is 18.2 Å². The monoisotopic (exact) mass is 434 g/mol. The van der Waals surface area contributed by atoms with Crippen molar-refractivity contribution in [3.05, 3.63) is 65.5 Å². The zero-order chi connectivity index (χ0) is 22.4. The van der Waals surface area contributed by atoms with Crippen LogP contribution in [-0.2, 0) is 10.9 Å². The van der Waals surface area contributed by atoms with Crippen LogP contribution in [0.15, 0.2) is 48.5 Å². The van der Waals surface area contributed by atoms with Crippen molar-refractivity contribution < 1.29 is 45.7 Å². The van der Waals surface area contributed by atoms with Crippen molar-refractivity contribution in [1.29, 1.82) is 0 Å². The quantitative estimate of drug-likeness (QED) is 0.309. The van der Waals surface area contributed by atoms with E-state index in [9.17, 15) is 31.1 Å². The van der Waals surface area contributed by atoms with Crippen LogP contribution < -0.4 is 9.47 Å². The lowest BCUT2D eigenvalue weighted by atomic mass is 10.1. The van der Waals surface area contributed by atoms with Crippen molar-refractivity contribution in [2.75, 3.05) is 6.61 Å². The summed E-state index contributed by atoms with van der Waals surface area (Å²) in [5.41, 5.74) is -0.239. The van der Waals surface area contributed by atoms with E-state index >= 15 is 0 Å². The standard InChI is InChI=1S/C20H16F6O4/c21-16-12-15(29-11-1-10-19(22,23)24)7-8-17(16)30-20(25,26)14-5-2-13(3-6-14)4-9-18(27)28/h2-9,12H,1,10-11H2,(H,27,28). The van der Waals surface area contributed by atoms with Gasteiger partial charge < -0.3 is 14.6 Å². The van der Waals surface area contributed by atoms with E-state index in [1.54, 1.807) is 0 Å². The first-order valence-corrected chi connectivity index (χ1v) is 8.54. The molecule has 0 amide bonds. The molecule has 0 atom stereocenters. The number of carbonyl (C=O) groups is 1. The fourth-order valence-electron chi connectivity index (χ4n) is 2.27. The Bertz CT molecular complexity index is 891. The molecular weight excluding hydrogens is 418 g/mol. The third-order valence-corrected chi connectivity index (χ3v) is 3.68.